The average molecular weight is 269 g/mol. The zero-order valence-corrected chi connectivity index (χ0v) is 12.3. The van der Waals surface area contributed by atoms with Gasteiger partial charge in [-0.3, -0.25) is 4.79 Å². The number of hydrogen-bond donors (Lipinski definition) is 2. The van der Waals surface area contributed by atoms with Crippen LogP contribution in [0.15, 0.2) is 0 Å². The van der Waals surface area contributed by atoms with Crippen LogP contribution in [0, 0.1) is 5.92 Å². The second-order valence-electron chi connectivity index (χ2n) is 5.98. The lowest BCUT2D eigenvalue weighted by molar-refractivity contribution is -0.135. The van der Waals surface area contributed by atoms with Crippen LogP contribution in [0.5, 0.6) is 0 Å². The van der Waals surface area contributed by atoms with E-state index in [0.29, 0.717) is 0 Å². The number of carboxylic acids is 1. The number of rotatable bonds is 8. The van der Waals surface area contributed by atoms with Gasteiger partial charge in [0.05, 0.1) is 6.54 Å². The molecule has 0 heterocycles. The van der Waals surface area contributed by atoms with Crippen molar-refractivity contribution in [2.24, 2.45) is 5.92 Å². The maximum atomic E-state index is 10.3. The van der Waals surface area contributed by atoms with Crippen LogP contribution in [-0.2, 0) is 4.79 Å². The van der Waals surface area contributed by atoms with Gasteiger partial charge in [-0.15, -0.1) is 0 Å². The minimum atomic E-state index is -0.759. The molecule has 0 aromatic rings. The first-order valence-electron chi connectivity index (χ1n) is 8.21. The van der Waals surface area contributed by atoms with Crippen molar-refractivity contribution in [2.75, 3.05) is 13.1 Å². The van der Waals surface area contributed by atoms with E-state index in [1.54, 1.807) is 0 Å². The lowest BCUT2D eigenvalue weighted by atomic mass is 9.91. The summed E-state index contributed by atoms with van der Waals surface area (Å²) in [6.07, 6.45) is 16.6. The molecule has 0 amide bonds. The molecule has 1 rings (SSSR count). The molecular formula is C16H31NO2. The maximum absolute atomic E-state index is 10.3. The predicted molar refractivity (Wildman–Crippen MR) is 79.4 cm³/mol. The second kappa shape index (κ2) is 11.3. The molecule has 0 radical (unpaired) electrons. The SMILES string of the molecule is O=C(O)CNCCCCCC1CCCCCCCC1. The van der Waals surface area contributed by atoms with E-state index in [1.807, 2.05) is 0 Å². The standard InChI is InChI=1S/C16H31NO2/c18-16(19)14-17-13-9-5-8-12-15-10-6-3-1-2-4-7-11-15/h15,17H,1-14H2,(H,18,19). The van der Waals surface area contributed by atoms with Gasteiger partial charge >= 0.3 is 5.97 Å². The third kappa shape index (κ3) is 9.94. The van der Waals surface area contributed by atoms with Crippen LogP contribution in [0.3, 0.4) is 0 Å². The number of aliphatic carboxylic acids is 1. The fraction of sp³-hybridized carbons (Fsp3) is 0.938. The van der Waals surface area contributed by atoms with Crippen LogP contribution in [0.4, 0.5) is 0 Å². The molecule has 3 heteroatoms. The summed E-state index contributed by atoms with van der Waals surface area (Å²) in [5, 5.41) is 11.4. The normalized spacial score (nSPS) is 18.5. The molecular weight excluding hydrogens is 238 g/mol. The van der Waals surface area contributed by atoms with Crippen LogP contribution in [0.1, 0.15) is 77.0 Å². The summed E-state index contributed by atoms with van der Waals surface area (Å²) in [5.74, 6) is 0.204. The van der Waals surface area contributed by atoms with Crippen LogP contribution in [0.25, 0.3) is 0 Å². The number of hydrogen-bond acceptors (Lipinski definition) is 2. The van der Waals surface area contributed by atoms with Crippen LogP contribution in [-0.4, -0.2) is 24.2 Å². The monoisotopic (exact) mass is 269 g/mol. The zero-order valence-electron chi connectivity index (χ0n) is 12.3. The van der Waals surface area contributed by atoms with Crippen molar-refractivity contribution < 1.29 is 9.90 Å². The highest BCUT2D eigenvalue weighted by Crippen LogP contribution is 2.25. The molecule has 1 aliphatic rings. The Morgan fingerprint density at radius 2 is 1.58 bits per heavy atom. The Morgan fingerprint density at radius 1 is 0.947 bits per heavy atom. The lowest BCUT2D eigenvalue weighted by Crippen LogP contribution is -2.23. The van der Waals surface area contributed by atoms with E-state index >= 15 is 0 Å². The highest BCUT2D eigenvalue weighted by molar-refractivity contribution is 5.68. The Hall–Kier alpha value is -0.570. The summed E-state index contributed by atoms with van der Waals surface area (Å²) >= 11 is 0. The molecule has 0 aliphatic heterocycles. The Balaban J connectivity index is 1.96. The van der Waals surface area contributed by atoms with E-state index in [2.05, 4.69) is 5.32 Å². The Bertz CT molecular complexity index is 221. The van der Waals surface area contributed by atoms with E-state index in [9.17, 15) is 4.79 Å². The maximum Gasteiger partial charge on any atom is 0.317 e. The Morgan fingerprint density at radius 3 is 2.21 bits per heavy atom. The van der Waals surface area contributed by atoms with Crippen molar-refractivity contribution in [1.29, 1.82) is 0 Å². The minimum absolute atomic E-state index is 0.0998. The number of carboxylic acid groups (broad SMARTS) is 1. The first kappa shape index (κ1) is 16.5. The van der Waals surface area contributed by atoms with Crippen LogP contribution in [0.2, 0.25) is 0 Å². The van der Waals surface area contributed by atoms with Gasteiger partial charge in [0.25, 0.3) is 0 Å². The molecule has 1 saturated carbocycles. The van der Waals surface area contributed by atoms with Crippen molar-refractivity contribution in [3.63, 3.8) is 0 Å². The summed E-state index contributed by atoms with van der Waals surface area (Å²) < 4.78 is 0. The molecule has 1 aliphatic carbocycles. The highest BCUT2D eigenvalue weighted by Gasteiger charge is 2.10. The molecule has 0 spiro atoms. The average Bonchev–Trinajstić information content (AvgIpc) is 2.51. The molecule has 1 fully saturated rings. The first-order valence-corrected chi connectivity index (χ1v) is 8.21. The summed E-state index contributed by atoms with van der Waals surface area (Å²) in [6.45, 7) is 0.944. The Labute approximate surface area is 118 Å². The smallest absolute Gasteiger partial charge is 0.317 e. The first-order chi connectivity index (χ1) is 9.29. The summed E-state index contributed by atoms with van der Waals surface area (Å²) in [5.41, 5.74) is 0. The quantitative estimate of drug-likeness (QED) is 0.655. The van der Waals surface area contributed by atoms with Gasteiger partial charge in [0, 0.05) is 0 Å². The molecule has 19 heavy (non-hydrogen) atoms. The molecule has 0 atom stereocenters. The molecule has 0 aromatic carbocycles. The fourth-order valence-electron chi connectivity index (χ4n) is 3.06. The minimum Gasteiger partial charge on any atom is -0.480 e. The van der Waals surface area contributed by atoms with Crippen molar-refractivity contribution in [2.45, 2.75) is 77.0 Å². The van der Waals surface area contributed by atoms with Gasteiger partial charge in [0.15, 0.2) is 0 Å². The predicted octanol–water partition coefficient (Wildman–Crippen LogP) is 3.97. The van der Waals surface area contributed by atoms with E-state index < -0.39 is 5.97 Å². The van der Waals surface area contributed by atoms with Crippen LogP contribution >= 0.6 is 0 Å². The van der Waals surface area contributed by atoms with Crippen molar-refractivity contribution in [3.8, 4) is 0 Å². The van der Waals surface area contributed by atoms with E-state index in [0.717, 1.165) is 18.9 Å². The molecule has 0 aromatic heterocycles. The van der Waals surface area contributed by atoms with Crippen molar-refractivity contribution in [1.82, 2.24) is 5.32 Å². The number of unbranched alkanes of at least 4 members (excludes halogenated alkanes) is 2. The largest absolute Gasteiger partial charge is 0.480 e. The molecule has 0 bridgehead atoms. The topological polar surface area (TPSA) is 49.3 Å². The molecule has 0 unspecified atom stereocenters. The van der Waals surface area contributed by atoms with Gasteiger partial charge in [-0.05, 0) is 18.9 Å². The summed E-state index contributed by atoms with van der Waals surface area (Å²) in [6, 6.07) is 0. The fourth-order valence-corrected chi connectivity index (χ4v) is 3.06. The van der Waals surface area contributed by atoms with E-state index in [-0.39, 0.29) is 6.54 Å². The molecule has 2 N–H and O–H groups in total. The van der Waals surface area contributed by atoms with Gasteiger partial charge < -0.3 is 10.4 Å². The number of carbonyl (C=O) groups is 1. The van der Waals surface area contributed by atoms with Crippen molar-refractivity contribution in [3.05, 3.63) is 0 Å². The van der Waals surface area contributed by atoms with Gasteiger partial charge in [-0.1, -0.05) is 70.6 Å². The third-order valence-electron chi connectivity index (χ3n) is 4.22. The van der Waals surface area contributed by atoms with Crippen molar-refractivity contribution >= 4 is 5.97 Å². The summed E-state index contributed by atoms with van der Waals surface area (Å²) in [7, 11) is 0. The Kier molecular flexibility index (Phi) is 9.78. The molecule has 112 valence electrons. The molecule has 3 nitrogen and oxygen atoms in total. The van der Waals surface area contributed by atoms with Gasteiger partial charge in [-0.25, -0.2) is 0 Å². The van der Waals surface area contributed by atoms with Crippen LogP contribution < -0.4 is 5.32 Å². The zero-order chi connectivity index (χ0) is 13.8. The number of nitrogens with one attached hydrogen (secondary N) is 1. The van der Waals surface area contributed by atoms with Gasteiger partial charge in [0.2, 0.25) is 0 Å². The third-order valence-corrected chi connectivity index (χ3v) is 4.22. The van der Waals surface area contributed by atoms with Gasteiger partial charge in [-0.2, -0.15) is 0 Å². The van der Waals surface area contributed by atoms with Gasteiger partial charge in [0.1, 0.15) is 0 Å². The molecule has 0 saturated heterocycles. The second-order valence-corrected chi connectivity index (χ2v) is 5.98. The van der Waals surface area contributed by atoms with E-state index in [4.69, 9.17) is 5.11 Å². The highest BCUT2D eigenvalue weighted by atomic mass is 16.4. The summed E-state index contributed by atoms with van der Waals surface area (Å²) in [4.78, 5) is 10.3. The lowest BCUT2D eigenvalue weighted by Gasteiger charge is -2.15. The van der Waals surface area contributed by atoms with E-state index in [1.165, 1.54) is 70.6 Å².